The molecule has 13 heteroatoms. The van der Waals surface area contributed by atoms with E-state index in [1.807, 2.05) is 0 Å². The van der Waals surface area contributed by atoms with E-state index < -0.39 is 60.2 Å². The van der Waals surface area contributed by atoms with Gasteiger partial charge >= 0.3 is 8.56 Å². The van der Waals surface area contributed by atoms with E-state index in [2.05, 4.69) is 85.9 Å². The summed E-state index contributed by atoms with van der Waals surface area (Å²) in [6.07, 6.45) is 0.287. The molecule has 0 N–H and O–H groups in total. The molecule has 0 rings (SSSR count). The highest BCUT2D eigenvalue weighted by atomic mass is 28.5. The second kappa shape index (κ2) is 12.5. The first kappa shape index (κ1) is 33.3. The van der Waals surface area contributed by atoms with Gasteiger partial charge in [0.05, 0.1) is 0 Å². The van der Waals surface area contributed by atoms with E-state index in [1.165, 1.54) is 0 Å². The molecular weight excluding hydrogens is 521 g/mol. The zero-order valence-electron chi connectivity index (χ0n) is 23.9. The van der Waals surface area contributed by atoms with Crippen molar-refractivity contribution in [2.45, 2.75) is 109 Å². The van der Waals surface area contributed by atoms with Crippen molar-refractivity contribution >= 4 is 60.2 Å². The van der Waals surface area contributed by atoms with Crippen molar-refractivity contribution in [1.29, 1.82) is 0 Å². The monoisotopic (exact) mass is 574 g/mol. The van der Waals surface area contributed by atoms with Gasteiger partial charge in [-0.3, -0.25) is 0 Å². The molecular formula is C19H54O6Si7. The van der Waals surface area contributed by atoms with Crippen LogP contribution in [0.15, 0.2) is 0 Å². The Bertz CT molecular complexity index is 566. The summed E-state index contributed by atoms with van der Waals surface area (Å²) in [6.45, 7) is 29.6. The van der Waals surface area contributed by atoms with Gasteiger partial charge in [-0.1, -0.05) is 0 Å². The molecule has 0 amide bonds. The summed E-state index contributed by atoms with van der Waals surface area (Å²) in [5, 5.41) is 0. The van der Waals surface area contributed by atoms with E-state index in [1.54, 1.807) is 14.2 Å². The summed E-state index contributed by atoms with van der Waals surface area (Å²) in [7, 11) is -8.72. The van der Waals surface area contributed by atoms with Crippen molar-refractivity contribution in [3.05, 3.63) is 0 Å². The fourth-order valence-electron chi connectivity index (χ4n) is 5.00. The van der Waals surface area contributed by atoms with Crippen LogP contribution in [0.25, 0.3) is 0 Å². The predicted molar refractivity (Wildman–Crippen MR) is 155 cm³/mol. The molecule has 0 atom stereocenters. The van der Waals surface area contributed by atoms with E-state index in [0.29, 0.717) is 0 Å². The maximum absolute atomic E-state index is 6.89. The van der Waals surface area contributed by atoms with Gasteiger partial charge in [-0.25, -0.2) is 0 Å². The zero-order chi connectivity index (χ0) is 25.6. The summed E-state index contributed by atoms with van der Waals surface area (Å²) in [5.41, 5.74) is 3.15. The lowest BCUT2D eigenvalue weighted by molar-refractivity contribution is 0.233. The predicted octanol–water partition coefficient (Wildman–Crippen LogP) is 5.47. The van der Waals surface area contributed by atoms with Gasteiger partial charge in [-0.05, 0) is 97.2 Å². The van der Waals surface area contributed by atoms with Crippen LogP contribution < -0.4 is 0 Å². The van der Waals surface area contributed by atoms with E-state index in [-0.39, 0.29) is 6.10 Å². The lowest BCUT2D eigenvalue weighted by Gasteiger charge is -2.40. The molecule has 0 aliphatic rings. The molecule has 0 aliphatic heterocycles. The smallest absolute Gasteiger partial charge is 0.333 e. The summed E-state index contributed by atoms with van der Waals surface area (Å²) >= 11 is 0. The van der Waals surface area contributed by atoms with Crippen molar-refractivity contribution in [3.63, 3.8) is 0 Å². The van der Waals surface area contributed by atoms with Crippen molar-refractivity contribution in [2.75, 3.05) is 14.2 Å². The molecule has 0 aromatic rings. The van der Waals surface area contributed by atoms with Crippen LogP contribution in [-0.4, -0.2) is 80.5 Å². The topological polar surface area (TPSA) is 55.4 Å². The van der Waals surface area contributed by atoms with Crippen LogP contribution in [0.1, 0.15) is 13.8 Å². The van der Waals surface area contributed by atoms with Crippen molar-refractivity contribution in [2.24, 2.45) is 0 Å². The average molecular weight is 575 g/mol. The lowest BCUT2D eigenvalue weighted by Crippen LogP contribution is -2.54. The average Bonchev–Trinajstić information content (AvgIpc) is 2.48. The van der Waals surface area contributed by atoms with Crippen molar-refractivity contribution in [1.82, 2.24) is 0 Å². The fourth-order valence-corrected chi connectivity index (χ4v) is 44.4. The van der Waals surface area contributed by atoms with E-state index in [4.69, 9.17) is 25.6 Å². The molecule has 0 aromatic carbocycles. The first-order chi connectivity index (χ1) is 14.1. The Balaban J connectivity index is 4.87. The molecule has 0 fully saturated rings. The second-order valence-corrected chi connectivity index (χ2v) is 41.1. The third kappa shape index (κ3) is 14.6. The molecule has 0 saturated heterocycles. The molecule has 0 saturated carbocycles. The SMILES string of the molecule is CO[Si](C)(C[Si](C)(C)O[Si](C)(C)C[Si](C)(C)O[SiH2]O[Si](C)(C)C[Si](C)(C)OC(C)C)OC. The standard InChI is InChI=1S/C19H54O6Si7/c1-19(2)22-27(5,6)16-28(7,8)23-26-24-29(9,10)17-30(11,12)25-31(13,14)18-32(15,20-3)21-4/h19H,16-18,26H2,1-15H3. The highest BCUT2D eigenvalue weighted by Crippen LogP contribution is 2.30. The number of hydrogen-bond acceptors (Lipinski definition) is 6. The van der Waals surface area contributed by atoms with Gasteiger partial charge < -0.3 is 25.6 Å². The number of rotatable bonds is 16. The molecule has 0 heterocycles. The normalized spacial score (nSPS) is 15.4. The lowest BCUT2D eigenvalue weighted by atomic mass is 10.5. The van der Waals surface area contributed by atoms with Gasteiger partial charge in [-0.15, -0.1) is 0 Å². The van der Waals surface area contributed by atoms with Crippen LogP contribution in [-0.2, 0) is 25.6 Å². The van der Waals surface area contributed by atoms with Crippen molar-refractivity contribution in [3.8, 4) is 0 Å². The van der Waals surface area contributed by atoms with E-state index in [9.17, 15) is 0 Å². The summed E-state index contributed by atoms with van der Waals surface area (Å²) in [6, 6.07) is 0. The zero-order valence-corrected chi connectivity index (χ0v) is 31.3. The van der Waals surface area contributed by atoms with Crippen molar-refractivity contribution < 1.29 is 25.6 Å². The first-order valence-corrected chi connectivity index (χ1v) is 31.1. The highest BCUT2D eigenvalue weighted by molar-refractivity contribution is 6.97. The molecule has 0 aromatic heterocycles. The maximum atomic E-state index is 6.89. The Hall–Kier alpha value is 1.28. The summed E-state index contributed by atoms with van der Waals surface area (Å²) in [4.78, 5) is 0. The third-order valence-electron chi connectivity index (χ3n) is 5.32. The van der Waals surface area contributed by atoms with Gasteiger partial charge in [0.1, 0.15) is 0 Å². The largest absolute Gasteiger partial charge is 0.456 e. The van der Waals surface area contributed by atoms with Crippen LogP contribution in [0.4, 0.5) is 0 Å². The minimum atomic E-state index is -2.14. The Morgan fingerprint density at radius 3 is 1.31 bits per heavy atom. The summed E-state index contributed by atoms with van der Waals surface area (Å²) in [5.74, 6) is 0. The highest BCUT2D eigenvalue weighted by Gasteiger charge is 2.44. The second-order valence-electron chi connectivity index (χ2n) is 12.5. The molecule has 0 bridgehead atoms. The first-order valence-electron chi connectivity index (χ1n) is 11.8. The molecule has 32 heavy (non-hydrogen) atoms. The van der Waals surface area contributed by atoms with Gasteiger partial charge in [0, 0.05) is 26.0 Å². The molecule has 0 radical (unpaired) electrons. The van der Waals surface area contributed by atoms with E-state index in [0.717, 1.165) is 17.0 Å². The molecule has 0 unspecified atom stereocenters. The van der Waals surface area contributed by atoms with Gasteiger partial charge in [0.2, 0.25) is 0 Å². The summed E-state index contributed by atoms with van der Waals surface area (Å²) < 4.78 is 37.6. The quantitative estimate of drug-likeness (QED) is 0.228. The van der Waals surface area contributed by atoms with Crippen LogP contribution >= 0.6 is 0 Å². The van der Waals surface area contributed by atoms with Crippen LogP contribution in [0, 0.1) is 0 Å². The van der Waals surface area contributed by atoms with Crippen LogP contribution in [0.3, 0.4) is 0 Å². The van der Waals surface area contributed by atoms with Gasteiger partial charge in [0.15, 0.2) is 41.6 Å². The van der Waals surface area contributed by atoms with Crippen LogP contribution in [0.2, 0.25) is 89.0 Å². The Morgan fingerprint density at radius 1 is 0.562 bits per heavy atom. The number of hydrogen-bond donors (Lipinski definition) is 0. The van der Waals surface area contributed by atoms with Crippen LogP contribution in [0.5, 0.6) is 0 Å². The molecule has 6 nitrogen and oxygen atoms in total. The Kier molecular flexibility index (Phi) is 13.0. The molecule has 0 aliphatic carbocycles. The Labute approximate surface area is 208 Å². The van der Waals surface area contributed by atoms with E-state index >= 15 is 0 Å². The minimum Gasteiger partial charge on any atom is -0.456 e. The third-order valence-corrected chi connectivity index (χ3v) is 39.4. The van der Waals surface area contributed by atoms with Gasteiger partial charge in [0.25, 0.3) is 10.0 Å². The fraction of sp³-hybridized carbons (Fsp3) is 1.00. The Morgan fingerprint density at radius 2 is 0.938 bits per heavy atom. The molecule has 194 valence electrons. The minimum absolute atomic E-state index is 0.287. The maximum Gasteiger partial charge on any atom is 0.333 e. The van der Waals surface area contributed by atoms with Gasteiger partial charge in [-0.2, -0.15) is 0 Å². The molecule has 0 spiro atoms.